The summed E-state index contributed by atoms with van der Waals surface area (Å²) < 4.78 is 17.2. The lowest BCUT2D eigenvalue weighted by molar-refractivity contribution is -0.0386. The third kappa shape index (κ3) is 10.5. The van der Waals surface area contributed by atoms with Gasteiger partial charge < -0.3 is 14.2 Å². The molecule has 15 heteroatoms. The van der Waals surface area contributed by atoms with Crippen molar-refractivity contribution in [2.75, 3.05) is 39.5 Å². The van der Waals surface area contributed by atoms with Crippen LogP contribution in [-0.2, 0) is 28.6 Å². The molecule has 0 spiro atoms. The Morgan fingerprint density at radius 1 is 0.578 bits per heavy atom. The van der Waals surface area contributed by atoms with Crippen LogP contribution in [0.2, 0.25) is 0 Å². The number of carbonyl (C=O) groups is 3. The molecule has 3 amide bonds. The molecule has 0 aromatic heterocycles. The third-order valence-electron chi connectivity index (χ3n) is 8.73. The molecule has 0 saturated carbocycles. The van der Waals surface area contributed by atoms with Crippen molar-refractivity contribution in [3.05, 3.63) is 0 Å². The van der Waals surface area contributed by atoms with Crippen LogP contribution in [0.1, 0.15) is 90.4 Å². The molecule has 3 rings (SSSR count). The summed E-state index contributed by atoms with van der Waals surface area (Å²) in [5, 5.41) is 0. The van der Waals surface area contributed by atoms with Crippen LogP contribution in [0.15, 0.2) is 15.0 Å². The first-order chi connectivity index (χ1) is 21.9. The number of nitrogens with zero attached hydrogens (tertiary/aromatic N) is 6. The standard InChI is InChI=1S/C30H44N6O9/c1-2-30(18-43-27(40)34-15-9-3-6-12-24(34)31-21-37,19-44-28(41)35-16-10-4-7-13-25(35)32-22-38)20-45-29(42)36-17-11-5-8-14-26(36)33-23-39/h24-26H,2-20H2,1H3. The van der Waals surface area contributed by atoms with Gasteiger partial charge in [0.25, 0.3) is 0 Å². The highest BCUT2D eigenvalue weighted by atomic mass is 16.6. The second-order valence-corrected chi connectivity index (χ2v) is 11.7. The van der Waals surface area contributed by atoms with Gasteiger partial charge in [0.05, 0.1) is 5.41 Å². The minimum absolute atomic E-state index is 0.275. The Morgan fingerprint density at radius 2 is 0.889 bits per heavy atom. The van der Waals surface area contributed by atoms with Gasteiger partial charge in [-0.3, -0.25) is 14.7 Å². The molecule has 45 heavy (non-hydrogen) atoms. The average Bonchev–Trinajstić information content (AvgIpc) is 3.53. The van der Waals surface area contributed by atoms with Gasteiger partial charge in [-0.15, -0.1) is 0 Å². The number of amides is 3. The summed E-state index contributed by atoms with van der Waals surface area (Å²) in [6.45, 7) is 2.00. The highest BCUT2D eigenvalue weighted by Crippen LogP contribution is 2.28. The van der Waals surface area contributed by atoms with E-state index < -0.39 is 42.2 Å². The highest BCUT2D eigenvalue weighted by molar-refractivity contribution is 5.69. The van der Waals surface area contributed by atoms with Crippen LogP contribution in [0.5, 0.6) is 0 Å². The van der Waals surface area contributed by atoms with Gasteiger partial charge in [0.1, 0.15) is 38.3 Å². The van der Waals surface area contributed by atoms with Crippen molar-refractivity contribution in [3.63, 3.8) is 0 Å². The fourth-order valence-electron chi connectivity index (χ4n) is 5.82. The Balaban J connectivity index is 1.79. The smallest absolute Gasteiger partial charge is 0.411 e. The van der Waals surface area contributed by atoms with Gasteiger partial charge in [0.15, 0.2) is 0 Å². The van der Waals surface area contributed by atoms with E-state index in [0.717, 1.165) is 38.5 Å². The minimum atomic E-state index is -1.15. The predicted octanol–water partition coefficient (Wildman–Crippen LogP) is 4.41. The zero-order valence-electron chi connectivity index (χ0n) is 26.0. The molecule has 3 unspecified atom stereocenters. The molecule has 0 aromatic rings. The van der Waals surface area contributed by atoms with Crippen molar-refractivity contribution in [1.29, 1.82) is 0 Å². The minimum Gasteiger partial charge on any atom is -0.448 e. The number of hydrogen-bond acceptors (Lipinski definition) is 12. The zero-order chi connectivity index (χ0) is 32.5. The van der Waals surface area contributed by atoms with E-state index in [1.807, 2.05) is 0 Å². The molecule has 0 bridgehead atoms. The predicted molar refractivity (Wildman–Crippen MR) is 158 cm³/mol. The van der Waals surface area contributed by atoms with Crippen molar-refractivity contribution < 1.29 is 43.0 Å². The van der Waals surface area contributed by atoms with Crippen LogP contribution in [0, 0.1) is 5.41 Å². The van der Waals surface area contributed by atoms with Crippen molar-refractivity contribution in [1.82, 2.24) is 14.7 Å². The maximum atomic E-state index is 13.3. The van der Waals surface area contributed by atoms with Crippen molar-refractivity contribution in [2.24, 2.45) is 20.4 Å². The number of hydrogen-bond donors (Lipinski definition) is 0. The quantitative estimate of drug-likeness (QED) is 0.192. The van der Waals surface area contributed by atoms with Gasteiger partial charge in [0, 0.05) is 19.6 Å². The van der Waals surface area contributed by atoms with E-state index in [9.17, 15) is 28.8 Å². The normalized spacial score (nSPS) is 23.7. The second-order valence-electron chi connectivity index (χ2n) is 11.7. The summed E-state index contributed by atoms with van der Waals surface area (Å²) in [7, 11) is 0. The van der Waals surface area contributed by atoms with Crippen LogP contribution in [0.3, 0.4) is 0 Å². The van der Waals surface area contributed by atoms with Crippen molar-refractivity contribution in [2.45, 2.75) is 109 Å². The zero-order valence-corrected chi connectivity index (χ0v) is 26.0. The second kappa shape index (κ2) is 18.7. The summed E-state index contributed by atoms with van der Waals surface area (Å²) in [5.74, 6) is 0. The van der Waals surface area contributed by atoms with Gasteiger partial charge in [0.2, 0.25) is 18.2 Å². The average molecular weight is 633 g/mol. The summed E-state index contributed by atoms with van der Waals surface area (Å²) in [4.78, 5) is 88.3. The van der Waals surface area contributed by atoms with Gasteiger partial charge in [-0.25, -0.2) is 28.8 Å². The molecule has 3 aliphatic heterocycles. The van der Waals surface area contributed by atoms with E-state index in [0.29, 0.717) is 58.2 Å². The van der Waals surface area contributed by atoms with E-state index in [1.165, 1.54) is 32.9 Å². The fraction of sp³-hybridized carbons (Fsp3) is 0.800. The van der Waals surface area contributed by atoms with Crippen molar-refractivity contribution >= 4 is 36.5 Å². The largest absolute Gasteiger partial charge is 0.448 e. The Labute approximate surface area is 263 Å². The molecule has 0 N–H and O–H groups in total. The molecule has 248 valence electrons. The van der Waals surface area contributed by atoms with Crippen LogP contribution in [0.25, 0.3) is 0 Å². The third-order valence-corrected chi connectivity index (χ3v) is 8.73. The number of likely N-dealkylation sites (tertiary alicyclic amines) is 3. The first kappa shape index (κ1) is 35.4. The first-order valence-electron chi connectivity index (χ1n) is 15.9. The maximum Gasteiger partial charge on any atom is 0.411 e. The lowest BCUT2D eigenvalue weighted by Gasteiger charge is -2.35. The molecule has 3 atom stereocenters. The molecule has 15 nitrogen and oxygen atoms in total. The molecule has 0 aromatic carbocycles. The van der Waals surface area contributed by atoms with E-state index in [2.05, 4.69) is 15.0 Å². The molecule has 0 aliphatic carbocycles. The van der Waals surface area contributed by atoms with E-state index in [-0.39, 0.29) is 26.2 Å². The van der Waals surface area contributed by atoms with E-state index in [1.54, 1.807) is 6.92 Å². The summed E-state index contributed by atoms with van der Waals surface area (Å²) in [5.41, 5.74) is -1.15. The topological polar surface area (TPSA) is 177 Å². The molecular formula is C30H44N6O9. The fourth-order valence-corrected chi connectivity index (χ4v) is 5.82. The number of rotatable bonds is 10. The molecule has 0 radical (unpaired) electrons. The highest BCUT2D eigenvalue weighted by Gasteiger charge is 2.38. The summed E-state index contributed by atoms with van der Waals surface area (Å²) in [6, 6.07) is 0. The van der Waals surface area contributed by atoms with Crippen LogP contribution >= 0.6 is 0 Å². The van der Waals surface area contributed by atoms with Gasteiger partial charge in [-0.2, -0.15) is 15.0 Å². The first-order valence-corrected chi connectivity index (χ1v) is 15.9. The van der Waals surface area contributed by atoms with Gasteiger partial charge in [-0.05, 0) is 64.2 Å². The van der Waals surface area contributed by atoms with Crippen LogP contribution in [0.4, 0.5) is 14.4 Å². The van der Waals surface area contributed by atoms with Gasteiger partial charge in [-0.1, -0.05) is 26.2 Å². The monoisotopic (exact) mass is 632 g/mol. The van der Waals surface area contributed by atoms with Gasteiger partial charge >= 0.3 is 18.3 Å². The molecule has 3 saturated heterocycles. The number of isocyanates is 3. The maximum absolute atomic E-state index is 13.3. The van der Waals surface area contributed by atoms with E-state index >= 15 is 0 Å². The molecule has 3 aliphatic rings. The SMILES string of the molecule is CCC(COC(=O)N1CCCCCC1N=C=O)(COC(=O)N1CCCCCC1N=C=O)COC(=O)N1CCCCCC1N=C=O. The Morgan fingerprint density at radius 3 is 1.16 bits per heavy atom. The van der Waals surface area contributed by atoms with Crippen LogP contribution in [-0.4, -0.2) is 109 Å². The Bertz CT molecular complexity index is 1010. The van der Waals surface area contributed by atoms with E-state index in [4.69, 9.17) is 14.2 Å². The Hall–Kier alpha value is -4.05. The number of ether oxygens (including phenoxy) is 3. The molecule has 3 heterocycles. The van der Waals surface area contributed by atoms with Crippen molar-refractivity contribution in [3.8, 4) is 0 Å². The van der Waals surface area contributed by atoms with Crippen LogP contribution < -0.4 is 0 Å². The molecular weight excluding hydrogens is 588 g/mol. The summed E-state index contributed by atoms with van der Waals surface area (Å²) >= 11 is 0. The Kier molecular flexibility index (Phi) is 14.7. The number of carbonyl (C=O) groups excluding carboxylic acids is 6. The summed E-state index contributed by atoms with van der Waals surface area (Å²) in [6.07, 6.45) is 9.35. The molecule has 3 fully saturated rings. The number of aliphatic imine (C=N–C) groups is 3. The lowest BCUT2D eigenvalue weighted by Crippen LogP contribution is -2.47. The lowest BCUT2D eigenvalue weighted by atomic mass is 9.88.